The van der Waals surface area contributed by atoms with E-state index in [9.17, 15) is 29.1 Å². The van der Waals surface area contributed by atoms with Crippen molar-refractivity contribution in [3.05, 3.63) is 89.5 Å². The zero-order valence-electron chi connectivity index (χ0n) is 43.6. The van der Waals surface area contributed by atoms with Crippen LogP contribution in [-0.4, -0.2) is 145 Å². The average Bonchev–Trinajstić information content (AvgIpc) is 3.94. The molecule has 384 valence electrons. The molecule has 0 bridgehead atoms. The molecule has 3 N–H and O–H groups in total. The Morgan fingerprint density at radius 1 is 1.00 bits per heavy atom. The maximum atomic E-state index is 14.6. The molecular formula is C56H77N7O8. The van der Waals surface area contributed by atoms with E-state index in [2.05, 4.69) is 66.4 Å². The van der Waals surface area contributed by atoms with Crippen LogP contribution in [0.2, 0.25) is 0 Å². The van der Waals surface area contributed by atoms with Gasteiger partial charge in [0, 0.05) is 87.3 Å². The number of carbonyl (C=O) groups excluding carboxylic acids is 5. The van der Waals surface area contributed by atoms with E-state index in [0.717, 1.165) is 63.7 Å². The Kier molecular flexibility index (Phi) is 18.7. The molecular weight excluding hydrogens is 899 g/mol. The van der Waals surface area contributed by atoms with Crippen LogP contribution in [0.15, 0.2) is 72.8 Å². The van der Waals surface area contributed by atoms with E-state index in [0.29, 0.717) is 57.7 Å². The van der Waals surface area contributed by atoms with Gasteiger partial charge < -0.3 is 39.2 Å². The van der Waals surface area contributed by atoms with E-state index in [1.165, 1.54) is 4.90 Å². The standard InChI is InChI=1S/C56H77N7O8/c1-11-62-49-21-20-41(32-46(49)47(33-56(5,6)35-71-36-64)52(62)45-18-13-12-17-40(45)23-27-70-10)43-28-39(29-44(65)31-43)30-48(55(69)63-25-14-16-38(4)58-63)57-53(67)51(37(2)3)60(9)54(68)42-22-26-61(34-42)50(66)19-15-24-59(7)8/h12-13,15,17-21,28-29,31-32,36-38,42,48,51,58,65H,11,14,16,22-27,30,33-35H2,1-10H3,(H,57,67)/b19-15+/t38-,42+,48+,51?/m1/s1. The Hall–Kier alpha value is -6.03. The van der Waals surface area contributed by atoms with E-state index in [1.807, 2.05) is 58.0 Å². The Balaban J connectivity index is 1.34. The number of phenols is 1. The Morgan fingerprint density at radius 2 is 1.76 bits per heavy atom. The summed E-state index contributed by atoms with van der Waals surface area (Å²) in [5.41, 5.74) is 10.6. The zero-order valence-corrected chi connectivity index (χ0v) is 43.6. The van der Waals surface area contributed by atoms with Crippen molar-refractivity contribution >= 4 is 41.0 Å². The van der Waals surface area contributed by atoms with Crippen molar-refractivity contribution in [3.8, 4) is 28.1 Å². The molecule has 4 aromatic rings. The molecule has 0 spiro atoms. The number of ether oxygens (including phenoxy) is 2. The number of nitrogens with one attached hydrogen (secondary N) is 2. The molecule has 2 saturated heterocycles. The molecule has 15 nitrogen and oxygen atoms in total. The van der Waals surface area contributed by atoms with Crippen LogP contribution < -0.4 is 10.7 Å². The van der Waals surface area contributed by atoms with Crippen molar-refractivity contribution in [2.45, 2.75) is 105 Å². The maximum absolute atomic E-state index is 14.6. The molecule has 71 heavy (non-hydrogen) atoms. The SMILES string of the molecule is CCn1c(-c2ccccc2CCOC)c(CC(C)(C)COC=O)c2cc(-c3cc(O)cc(C[C@H](NC(=O)C(C(C)C)N(C)C(=O)[C@H]4CCN(C(=O)/C=C/CN(C)C)C4)C(=O)N4CCC[C@@H](C)N4)c3)ccc21. The summed E-state index contributed by atoms with van der Waals surface area (Å²) in [6.07, 6.45) is 6.92. The van der Waals surface area contributed by atoms with E-state index in [1.54, 1.807) is 48.4 Å². The number of phenolic OH excluding ortho intramolecular Hbond substituents is 1. The van der Waals surface area contributed by atoms with E-state index < -0.39 is 29.3 Å². The highest BCUT2D eigenvalue weighted by Gasteiger charge is 2.39. The van der Waals surface area contributed by atoms with Gasteiger partial charge in [0.1, 0.15) is 17.8 Å². The van der Waals surface area contributed by atoms with Crippen LogP contribution in [0.25, 0.3) is 33.3 Å². The van der Waals surface area contributed by atoms with Gasteiger partial charge in [-0.25, -0.2) is 5.43 Å². The van der Waals surface area contributed by atoms with Gasteiger partial charge in [0.15, 0.2) is 0 Å². The fourth-order valence-corrected chi connectivity index (χ4v) is 10.3. The second-order valence-corrected chi connectivity index (χ2v) is 20.8. The van der Waals surface area contributed by atoms with Gasteiger partial charge in [-0.15, -0.1) is 0 Å². The number of nitrogens with zero attached hydrogens (tertiary/aromatic N) is 5. The number of aryl methyl sites for hydroxylation is 1. The number of likely N-dealkylation sites (N-methyl/N-ethyl adjacent to an activating group) is 2. The molecule has 3 aromatic carbocycles. The van der Waals surface area contributed by atoms with E-state index in [4.69, 9.17) is 9.47 Å². The van der Waals surface area contributed by atoms with Gasteiger partial charge in [-0.3, -0.25) is 29.0 Å². The Labute approximate surface area is 420 Å². The predicted molar refractivity (Wildman–Crippen MR) is 278 cm³/mol. The highest BCUT2D eigenvalue weighted by Crippen LogP contribution is 2.41. The number of hydrogen-bond donors (Lipinski definition) is 3. The highest BCUT2D eigenvalue weighted by molar-refractivity contribution is 5.96. The molecule has 4 atom stereocenters. The quantitative estimate of drug-likeness (QED) is 0.0576. The molecule has 0 radical (unpaired) electrons. The number of likely N-dealkylation sites (tertiary alicyclic amines) is 1. The number of hydrazine groups is 1. The third kappa shape index (κ3) is 13.5. The van der Waals surface area contributed by atoms with E-state index >= 15 is 0 Å². The summed E-state index contributed by atoms with van der Waals surface area (Å²) in [5.74, 6) is -1.92. The smallest absolute Gasteiger partial charge is 0.293 e. The van der Waals surface area contributed by atoms with Crippen LogP contribution in [0.3, 0.4) is 0 Å². The lowest BCUT2D eigenvalue weighted by atomic mass is 9.83. The largest absolute Gasteiger partial charge is 0.508 e. The first-order valence-corrected chi connectivity index (χ1v) is 25.2. The molecule has 1 aromatic heterocycles. The van der Waals surface area contributed by atoms with Crippen molar-refractivity contribution in [3.63, 3.8) is 0 Å². The predicted octanol–water partition coefficient (Wildman–Crippen LogP) is 6.62. The van der Waals surface area contributed by atoms with Crippen molar-refractivity contribution in [2.75, 3.05) is 67.6 Å². The van der Waals surface area contributed by atoms with Crippen LogP contribution >= 0.6 is 0 Å². The summed E-state index contributed by atoms with van der Waals surface area (Å²) in [7, 11) is 7.18. The first-order chi connectivity index (χ1) is 33.9. The highest BCUT2D eigenvalue weighted by atomic mass is 16.5. The Morgan fingerprint density at radius 3 is 2.45 bits per heavy atom. The van der Waals surface area contributed by atoms with Crippen LogP contribution in [0, 0.1) is 17.3 Å². The number of fused-ring (bicyclic) bond motifs is 1. The first kappa shape index (κ1) is 54.3. The minimum atomic E-state index is -1.04. The molecule has 2 aliphatic heterocycles. The van der Waals surface area contributed by atoms with E-state index in [-0.39, 0.29) is 55.0 Å². The molecule has 0 saturated carbocycles. The maximum Gasteiger partial charge on any atom is 0.293 e. The first-order valence-electron chi connectivity index (χ1n) is 25.2. The van der Waals surface area contributed by atoms with Gasteiger partial charge in [0.05, 0.1) is 24.8 Å². The fraction of sp³-hybridized carbons (Fsp3) is 0.518. The fourth-order valence-electron chi connectivity index (χ4n) is 10.3. The number of carbonyl (C=O) groups is 5. The van der Waals surface area contributed by atoms with Gasteiger partial charge in [-0.2, -0.15) is 0 Å². The summed E-state index contributed by atoms with van der Waals surface area (Å²) in [4.78, 5) is 72.7. The van der Waals surface area contributed by atoms with Crippen LogP contribution in [0.4, 0.5) is 0 Å². The molecule has 1 unspecified atom stereocenters. The molecule has 2 aliphatic rings. The lowest BCUT2D eigenvalue weighted by Crippen LogP contribution is -2.60. The third-order valence-corrected chi connectivity index (χ3v) is 13.8. The minimum Gasteiger partial charge on any atom is -0.508 e. The number of aromatic hydroxyl groups is 1. The lowest BCUT2D eigenvalue weighted by molar-refractivity contribution is -0.146. The third-order valence-electron chi connectivity index (χ3n) is 13.8. The van der Waals surface area contributed by atoms with Gasteiger partial charge in [0.25, 0.3) is 12.4 Å². The van der Waals surface area contributed by atoms with Crippen molar-refractivity contribution in [2.24, 2.45) is 17.3 Å². The molecule has 2 fully saturated rings. The molecule has 4 amide bonds. The summed E-state index contributed by atoms with van der Waals surface area (Å²) in [5, 5.41) is 17.1. The second kappa shape index (κ2) is 24.4. The van der Waals surface area contributed by atoms with Crippen LogP contribution in [0.5, 0.6) is 5.75 Å². The zero-order chi connectivity index (χ0) is 51.6. The van der Waals surface area contributed by atoms with Gasteiger partial charge in [-0.05, 0) is 118 Å². The normalized spacial score (nSPS) is 17.3. The minimum absolute atomic E-state index is 0.00812. The van der Waals surface area contributed by atoms with Crippen molar-refractivity contribution in [1.29, 1.82) is 0 Å². The monoisotopic (exact) mass is 976 g/mol. The molecule has 0 aliphatic carbocycles. The summed E-state index contributed by atoms with van der Waals surface area (Å²) in [6, 6.07) is 18.1. The summed E-state index contributed by atoms with van der Waals surface area (Å²) in [6.45, 7) is 15.9. The number of aromatic nitrogens is 1. The lowest BCUT2D eigenvalue weighted by Gasteiger charge is -2.36. The Bertz CT molecular complexity index is 2550. The average molecular weight is 976 g/mol. The molecule has 6 rings (SSSR count). The van der Waals surface area contributed by atoms with Gasteiger partial charge in [-0.1, -0.05) is 70.2 Å². The number of benzene rings is 3. The van der Waals surface area contributed by atoms with Gasteiger partial charge in [0.2, 0.25) is 17.7 Å². The van der Waals surface area contributed by atoms with Crippen LogP contribution in [-0.2, 0) is 59.3 Å². The number of hydrogen-bond acceptors (Lipinski definition) is 10. The molecule has 3 heterocycles. The summed E-state index contributed by atoms with van der Waals surface area (Å²) < 4.78 is 13.2. The van der Waals surface area contributed by atoms with Crippen molar-refractivity contribution in [1.82, 2.24) is 35.0 Å². The van der Waals surface area contributed by atoms with Crippen molar-refractivity contribution < 1.29 is 38.6 Å². The second-order valence-electron chi connectivity index (χ2n) is 20.8. The topological polar surface area (TPSA) is 166 Å². The number of methoxy groups -OCH3 is 1. The van der Waals surface area contributed by atoms with Crippen LogP contribution in [0.1, 0.15) is 77.5 Å². The number of amides is 4. The molecule has 15 heteroatoms. The number of rotatable bonds is 22. The van der Waals surface area contributed by atoms with Gasteiger partial charge >= 0.3 is 0 Å². The summed E-state index contributed by atoms with van der Waals surface area (Å²) >= 11 is 0.